The second-order valence-electron chi connectivity index (χ2n) is 7.77. The molecule has 0 saturated carbocycles. The molecule has 0 radical (unpaired) electrons. The predicted octanol–water partition coefficient (Wildman–Crippen LogP) is 3.79. The number of carbonyl (C=O) groups excluding carboxylic acids is 3. The highest BCUT2D eigenvalue weighted by Gasteiger charge is 2.37. The van der Waals surface area contributed by atoms with Crippen molar-refractivity contribution in [3.05, 3.63) is 59.2 Å². The molecule has 0 aliphatic carbocycles. The highest BCUT2D eigenvalue weighted by atomic mass is 16.5. The number of nitrogens with zero attached hydrogens (tertiary/aromatic N) is 1. The maximum atomic E-state index is 12.6. The Morgan fingerprint density at radius 2 is 1.93 bits per heavy atom. The van der Waals surface area contributed by atoms with Crippen LogP contribution >= 0.6 is 0 Å². The van der Waals surface area contributed by atoms with Crippen molar-refractivity contribution in [2.75, 3.05) is 16.8 Å². The summed E-state index contributed by atoms with van der Waals surface area (Å²) in [6, 6.07) is 13.4. The van der Waals surface area contributed by atoms with Crippen LogP contribution in [0.3, 0.4) is 0 Å². The van der Waals surface area contributed by atoms with Crippen molar-refractivity contribution in [1.29, 1.82) is 0 Å². The third kappa shape index (κ3) is 4.70. The van der Waals surface area contributed by atoms with Crippen LogP contribution in [-0.4, -0.2) is 30.4 Å². The first-order chi connectivity index (χ1) is 14.3. The van der Waals surface area contributed by atoms with E-state index in [1.807, 2.05) is 63.2 Å². The minimum Gasteiger partial charge on any atom is -0.452 e. The highest BCUT2D eigenvalue weighted by Crippen LogP contribution is 2.29. The molecule has 158 valence electrons. The van der Waals surface area contributed by atoms with Gasteiger partial charge in [0.05, 0.1) is 5.92 Å². The summed E-state index contributed by atoms with van der Waals surface area (Å²) in [7, 11) is 0. The second kappa shape index (κ2) is 9.11. The molecule has 1 heterocycles. The molecular weight excluding hydrogens is 380 g/mol. The lowest BCUT2D eigenvalue weighted by molar-refractivity contribution is -0.157. The molecule has 2 aromatic carbocycles. The van der Waals surface area contributed by atoms with E-state index in [4.69, 9.17) is 4.74 Å². The van der Waals surface area contributed by atoms with Crippen LogP contribution in [-0.2, 0) is 25.5 Å². The zero-order valence-corrected chi connectivity index (χ0v) is 17.9. The van der Waals surface area contributed by atoms with Gasteiger partial charge in [-0.25, -0.2) is 0 Å². The molecule has 0 bridgehead atoms. The number of benzene rings is 2. The van der Waals surface area contributed by atoms with Gasteiger partial charge in [0.15, 0.2) is 6.10 Å². The molecule has 1 fully saturated rings. The van der Waals surface area contributed by atoms with Gasteiger partial charge in [0, 0.05) is 24.3 Å². The molecule has 30 heavy (non-hydrogen) atoms. The first-order valence-electron chi connectivity index (χ1n) is 10.3. The number of esters is 1. The summed E-state index contributed by atoms with van der Waals surface area (Å²) in [6.07, 6.45) is -0.0715. The Balaban J connectivity index is 1.61. The molecule has 1 aliphatic heterocycles. The van der Waals surface area contributed by atoms with E-state index in [1.54, 1.807) is 4.90 Å². The smallest absolute Gasteiger partial charge is 0.312 e. The normalized spacial score (nSPS) is 17.0. The molecule has 0 aromatic heterocycles. The van der Waals surface area contributed by atoms with Crippen molar-refractivity contribution >= 4 is 29.2 Å². The summed E-state index contributed by atoms with van der Waals surface area (Å²) in [4.78, 5) is 39.3. The quantitative estimate of drug-likeness (QED) is 0.738. The molecule has 1 saturated heterocycles. The Hall–Kier alpha value is -3.15. The number of carbonyl (C=O) groups is 3. The highest BCUT2D eigenvalue weighted by molar-refractivity contribution is 6.01. The van der Waals surface area contributed by atoms with Crippen molar-refractivity contribution in [2.24, 2.45) is 5.92 Å². The number of para-hydroxylation sites is 1. The third-order valence-corrected chi connectivity index (χ3v) is 5.42. The van der Waals surface area contributed by atoms with Crippen molar-refractivity contribution in [2.45, 2.75) is 46.6 Å². The van der Waals surface area contributed by atoms with Crippen LogP contribution < -0.4 is 10.2 Å². The summed E-state index contributed by atoms with van der Waals surface area (Å²) in [5, 5.41) is 2.80. The Morgan fingerprint density at radius 3 is 2.63 bits per heavy atom. The van der Waals surface area contributed by atoms with E-state index >= 15 is 0 Å². The van der Waals surface area contributed by atoms with E-state index in [0.717, 1.165) is 28.8 Å². The number of hydrogen-bond donors (Lipinski definition) is 1. The fourth-order valence-corrected chi connectivity index (χ4v) is 3.68. The Morgan fingerprint density at radius 1 is 1.20 bits per heavy atom. The first-order valence-corrected chi connectivity index (χ1v) is 10.3. The van der Waals surface area contributed by atoms with Crippen molar-refractivity contribution in [1.82, 2.24) is 0 Å². The van der Waals surface area contributed by atoms with E-state index < -0.39 is 23.9 Å². The van der Waals surface area contributed by atoms with Gasteiger partial charge in [-0.3, -0.25) is 14.4 Å². The van der Waals surface area contributed by atoms with Gasteiger partial charge in [0.25, 0.3) is 5.91 Å². The summed E-state index contributed by atoms with van der Waals surface area (Å²) in [5.41, 5.74) is 4.62. The molecule has 2 atom stereocenters. The Labute approximate surface area is 177 Å². The summed E-state index contributed by atoms with van der Waals surface area (Å²) in [5.74, 6) is -1.61. The Bertz CT molecular complexity index is 969. The topological polar surface area (TPSA) is 75.7 Å². The zero-order chi connectivity index (χ0) is 21.8. The third-order valence-electron chi connectivity index (χ3n) is 5.42. The van der Waals surface area contributed by atoms with Crippen molar-refractivity contribution in [3.63, 3.8) is 0 Å². The van der Waals surface area contributed by atoms with Gasteiger partial charge in [-0.15, -0.1) is 0 Å². The first kappa shape index (κ1) is 21.6. The standard InChI is InChI=1S/C24H28N2O4/c1-5-18-8-6-7-9-21(18)26-14-19(13-22(26)27)24(29)30-17(4)23(28)25-20-11-10-15(2)12-16(20)3/h6-12,17,19H,5,13-14H2,1-4H3,(H,25,28)/t17-,19+/m1/s1. The number of ether oxygens (including phenoxy) is 1. The minimum atomic E-state index is -0.953. The maximum Gasteiger partial charge on any atom is 0.312 e. The molecule has 1 aliphatic rings. The Kier molecular flexibility index (Phi) is 6.55. The molecular formula is C24H28N2O4. The van der Waals surface area contributed by atoms with Crippen molar-refractivity contribution < 1.29 is 19.1 Å². The molecule has 2 aromatic rings. The number of amides is 2. The second-order valence-corrected chi connectivity index (χ2v) is 7.77. The summed E-state index contributed by atoms with van der Waals surface area (Å²) in [6.45, 7) is 7.72. The minimum absolute atomic E-state index is 0.0856. The molecule has 1 N–H and O–H groups in total. The molecule has 6 nitrogen and oxygen atoms in total. The van der Waals surface area contributed by atoms with E-state index in [1.165, 1.54) is 6.92 Å². The van der Waals surface area contributed by atoms with Crippen LogP contribution in [0.15, 0.2) is 42.5 Å². The largest absolute Gasteiger partial charge is 0.452 e. The van der Waals surface area contributed by atoms with Gasteiger partial charge < -0.3 is 15.0 Å². The van der Waals surface area contributed by atoms with E-state index in [0.29, 0.717) is 5.69 Å². The number of hydrogen-bond acceptors (Lipinski definition) is 4. The maximum absolute atomic E-state index is 12.6. The van der Waals surface area contributed by atoms with E-state index in [9.17, 15) is 14.4 Å². The van der Waals surface area contributed by atoms with Gasteiger partial charge in [0.1, 0.15) is 0 Å². The number of anilines is 2. The van der Waals surface area contributed by atoms with Gasteiger partial charge in [0.2, 0.25) is 5.91 Å². The van der Waals surface area contributed by atoms with Crippen LogP contribution in [0.1, 0.15) is 37.0 Å². The lowest BCUT2D eigenvalue weighted by Gasteiger charge is -2.20. The van der Waals surface area contributed by atoms with Crippen molar-refractivity contribution in [3.8, 4) is 0 Å². The molecule has 0 unspecified atom stereocenters. The van der Waals surface area contributed by atoms with Crippen LogP contribution in [0.5, 0.6) is 0 Å². The van der Waals surface area contributed by atoms with Crippen LogP contribution in [0.2, 0.25) is 0 Å². The van der Waals surface area contributed by atoms with Gasteiger partial charge in [-0.1, -0.05) is 42.8 Å². The number of aryl methyl sites for hydroxylation is 3. The average Bonchev–Trinajstić information content (AvgIpc) is 3.11. The summed E-state index contributed by atoms with van der Waals surface area (Å²) >= 11 is 0. The monoisotopic (exact) mass is 408 g/mol. The molecule has 2 amide bonds. The van der Waals surface area contributed by atoms with Crippen LogP contribution in [0, 0.1) is 19.8 Å². The lowest BCUT2D eigenvalue weighted by Crippen LogP contribution is -2.33. The number of rotatable bonds is 6. The fraction of sp³-hybridized carbons (Fsp3) is 0.375. The van der Waals surface area contributed by atoms with E-state index in [-0.39, 0.29) is 18.9 Å². The van der Waals surface area contributed by atoms with Gasteiger partial charge >= 0.3 is 5.97 Å². The van der Waals surface area contributed by atoms with Crippen LogP contribution in [0.25, 0.3) is 0 Å². The molecule has 3 rings (SSSR count). The SMILES string of the molecule is CCc1ccccc1N1C[C@@H](C(=O)O[C@H](C)C(=O)Nc2ccc(C)cc2C)CC1=O. The van der Waals surface area contributed by atoms with E-state index in [2.05, 4.69) is 5.32 Å². The zero-order valence-electron chi connectivity index (χ0n) is 17.9. The van der Waals surface area contributed by atoms with Gasteiger partial charge in [-0.05, 0) is 50.5 Å². The van der Waals surface area contributed by atoms with Gasteiger partial charge in [-0.2, -0.15) is 0 Å². The molecule has 6 heteroatoms. The lowest BCUT2D eigenvalue weighted by atomic mass is 10.1. The van der Waals surface area contributed by atoms with Crippen LogP contribution in [0.4, 0.5) is 11.4 Å². The summed E-state index contributed by atoms with van der Waals surface area (Å²) < 4.78 is 5.39. The molecule has 0 spiro atoms. The average molecular weight is 408 g/mol. The fourth-order valence-electron chi connectivity index (χ4n) is 3.68. The number of nitrogens with one attached hydrogen (secondary N) is 1. The predicted molar refractivity (Wildman–Crippen MR) is 116 cm³/mol.